The van der Waals surface area contributed by atoms with Crippen molar-refractivity contribution in [1.82, 2.24) is 0 Å². The Morgan fingerprint density at radius 1 is 1.33 bits per heavy atom. The summed E-state index contributed by atoms with van der Waals surface area (Å²) in [4.78, 5) is 11.9. The lowest BCUT2D eigenvalue weighted by molar-refractivity contribution is -0.155. The number of rotatable bonds is 6. The van der Waals surface area contributed by atoms with Gasteiger partial charge < -0.3 is 4.74 Å². The molecule has 1 aliphatic carbocycles. The Hall–Kier alpha value is 0.200. The van der Waals surface area contributed by atoms with Crippen LogP contribution in [0.3, 0.4) is 0 Å². The first-order chi connectivity index (χ1) is 7.25. The van der Waals surface area contributed by atoms with Gasteiger partial charge in [-0.05, 0) is 37.0 Å². The van der Waals surface area contributed by atoms with Gasteiger partial charge >= 0.3 is 5.97 Å². The summed E-state index contributed by atoms with van der Waals surface area (Å²) in [5.74, 6) is 0.0657. The molecule has 1 rings (SSSR count). The van der Waals surface area contributed by atoms with E-state index in [1.165, 1.54) is 30.1 Å². The van der Waals surface area contributed by atoms with Crippen molar-refractivity contribution in [3.8, 4) is 0 Å². The molecular weight excluding hydrogens is 303 g/mol. The number of hydrogen-bond donors (Lipinski definition) is 0. The molecule has 0 spiro atoms. The highest BCUT2D eigenvalue weighted by Gasteiger charge is 2.41. The number of ether oxygens (including phenoxy) is 1. The van der Waals surface area contributed by atoms with Crippen LogP contribution < -0.4 is 0 Å². The Labute approximate surface area is 106 Å². The Morgan fingerprint density at radius 2 is 2.00 bits per heavy atom. The number of halogens is 1. The van der Waals surface area contributed by atoms with Crippen molar-refractivity contribution in [3.63, 3.8) is 0 Å². The molecule has 0 saturated heterocycles. The lowest BCUT2D eigenvalue weighted by Gasteiger charge is -2.26. The Bertz CT molecular complexity index is 198. The smallest absolute Gasteiger partial charge is 0.312 e. The van der Waals surface area contributed by atoms with E-state index in [1.54, 1.807) is 0 Å². The van der Waals surface area contributed by atoms with Crippen molar-refractivity contribution in [2.45, 2.75) is 51.9 Å². The lowest BCUT2D eigenvalue weighted by Crippen LogP contribution is -2.30. The molecule has 0 radical (unpaired) electrons. The Morgan fingerprint density at radius 3 is 2.53 bits per heavy atom. The van der Waals surface area contributed by atoms with E-state index in [1.807, 2.05) is 6.92 Å². The summed E-state index contributed by atoms with van der Waals surface area (Å²) in [6.45, 7) is 2.41. The van der Waals surface area contributed by atoms with Gasteiger partial charge in [0.2, 0.25) is 0 Å². The number of esters is 1. The first kappa shape index (κ1) is 13.3. The Balaban J connectivity index is 2.49. The number of hydrogen-bond acceptors (Lipinski definition) is 2. The zero-order valence-electron chi connectivity index (χ0n) is 9.56. The number of carbonyl (C=O) groups excluding carboxylic acids is 1. The van der Waals surface area contributed by atoms with Crippen LogP contribution in [0.5, 0.6) is 0 Å². The van der Waals surface area contributed by atoms with Gasteiger partial charge in [-0.2, -0.15) is 0 Å². The van der Waals surface area contributed by atoms with E-state index in [0.29, 0.717) is 6.61 Å². The number of carbonyl (C=O) groups is 1. The summed E-state index contributed by atoms with van der Waals surface area (Å²) in [7, 11) is 0. The van der Waals surface area contributed by atoms with Crippen molar-refractivity contribution in [2.24, 2.45) is 5.41 Å². The molecule has 3 heteroatoms. The van der Waals surface area contributed by atoms with Gasteiger partial charge in [-0.1, -0.05) is 41.9 Å². The molecule has 88 valence electrons. The minimum absolute atomic E-state index is 0.0657. The molecule has 0 N–H and O–H groups in total. The van der Waals surface area contributed by atoms with Gasteiger partial charge in [0, 0.05) is 0 Å². The first-order valence-corrected chi connectivity index (χ1v) is 7.51. The second-order valence-corrected chi connectivity index (χ2v) is 5.43. The molecular formula is C12H21IO2. The van der Waals surface area contributed by atoms with Crippen LogP contribution >= 0.6 is 22.6 Å². The lowest BCUT2D eigenvalue weighted by atomic mass is 9.81. The predicted octanol–water partition coefficient (Wildman–Crippen LogP) is 3.72. The van der Waals surface area contributed by atoms with Gasteiger partial charge in [0.15, 0.2) is 0 Å². The van der Waals surface area contributed by atoms with E-state index >= 15 is 0 Å². The molecule has 1 fully saturated rings. The Kier molecular flexibility index (Phi) is 5.94. The van der Waals surface area contributed by atoms with E-state index in [9.17, 15) is 4.79 Å². The summed E-state index contributed by atoms with van der Waals surface area (Å²) in [6, 6.07) is 0. The highest BCUT2D eigenvalue weighted by Crippen LogP contribution is 2.43. The molecule has 0 amide bonds. The highest BCUT2D eigenvalue weighted by atomic mass is 127. The normalized spacial score (nSPS) is 19.1. The molecule has 0 aromatic heterocycles. The minimum atomic E-state index is -0.109. The maximum Gasteiger partial charge on any atom is 0.312 e. The average molecular weight is 324 g/mol. The van der Waals surface area contributed by atoms with Gasteiger partial charge in [0.1, 0.15) is 0 Å². The second kappa shape index (κ2) is 6.71. The van der Waals surface area contributed by atoms with Crippen LogP contribution in [-0.2, 0) is 9.53 Å². The molecule has 0 aromatic carbocycles. The van der Waals surface area contributed by atoms with Crippen LogP contribution in [0, 0.1) is 5.41 Å². The third kappa shape index (κ3) is 3.61. The van der Waals surface area contributed by atoms with E-state index in [-0.39, 0.29) is 11.4 Å². The highest BCUT2D eigenvalue weighted by molar-refractivity contribution is 14.1. The monoisotopic (exact) mass is 324 g/mol. The predicted molar refractivity (Wildman–Crippen MR) is 70.3 cm³/mol. The fourth-order valence-corrected chi connectivity index (χ4v) is 2.99. The largest absolute Gasteiger partial charge is 0.466 e. The standard InChI is InChI=1S/C12H21IO2/c1-2-15-11(14)12(7-3-4-8-12)9-5-6-10-13/h2-10H2,1H3. The minimum Gasteiger partial charge on any atom is -0.466 e. The zero-order chi connectivity index (χ0) is 11.1. The first-order valence-electron chi connectivity index (χ1n) is 5.98. The van der Waals surface area contributed by atoms with Crippen molar-refractivity contribution >= 4 is 28.6 Å². The molecule has 0 bridgehead atoms. The average Bonchev–Trinajstić information content (AvgIpc) is 2.69. The van der Waals surface area contributed by atoms with E-state index in [0.717, 1.165) is 19.3 Å². The fourth-order valence-electron chi connectivity index (χ4n) is 2.45. The van der Waals surface area contributed by atoms with Gasteiger partial charge in [0.05, 0.1) is 12.0 Å². The van der Waals surface area contributed by atoms with Crippen LogP contribution in [0.1, 0.15) is 51.9 Å². The third-order valence-electron chi connectivity index (χ3n) is 3.31. The molecule has 15 heavy (non-hydrogen) atoms. The van der Waals surface area contributed by atoms with E-state index < -0.39 is 0 Å². The number of alkyl halides is 1. The van der Waals surface area contributed by atoms with Crippen LogP contribution in [0.2, 0.25) is 0 Å². The van der Waals surface area contributed by atoms with Crippen molar-refractivity contribution in [3.05, 3.63) is 0 Å². The summed E-state index contributed by atoms with van der Waals surface area (Å²) >= 11 is 2.40. The summed E-state index contributed by atoms with van der Waals surface area (Å²) in [6.07, 6.45) is 7.92. The molecule has 0 atom stereocenters. The zero-order valence-corrected chi connectivity index (χ0v) is 11.7. The fraction of sp³-hybridized carbons (Fsp3) is 0.917. The number of unbranched alkanes of at least 4 members (excludes halogenated alkanes) is 1. The molecule has 0 aromatic rings. The van der Waals surface area contributed by atoms with Crippen molar-refractivity contribution in [2.75, 3.05) is 11.0 Å². The van der Waals surface area contributed by atoms with E-state index in [4.69, 9.17) is 4.74 Å². The molecule has 1 aliphatic rings. The van der Waals surface area contributed by atoms with Gasteiger partial charge in [-0.15, -0.1) is 0 Å². The quantitative estimate of drug-likeness (QED) is 0.322. The molecule has 2 nitrogen and oxygen atoms in total. The molecule has 1 saturated carbocycles. The maximum absolute atomic E-state index is 11.9. The van der Waals surface area contributed by atoms with Crippen LogP contribution in [0.4, 0.5) is 0 Å². The maximum atomic E-state index is 11.9. The van der Waals surface area contributed by atoms with Gasteiger partial charge in [0.25, 0.3) is 0 Å². The van der Waals surface area contributed by atoms with Gasteiger partial charge in [-0.25, -0.2) is 0 Å². The van der Waals surface area contributed by atoms with Crippen LogP contribution in [-0.4, -0.2) is 17.0 Å². The van der Waals surface area contributed by atoms with Crippen LogP contribution in [0.25, 0.3) is 0 Å². The molecule has 0 heterocycles. The third-order valence-corrected chi connectivity index (χ3v) is 4.07. The summed E-state index contributed by atoms with van der Waals surface area (Å²) in [5, 5.41) is 0. The SMILES string of the molecule is CCOC(=O)C1(CCCCI)CCCC1. The topological polar surface area (TPSA) is 26.3 Å². The van der Waals surface area contributed by atoms with E-state index in [2.05, 4.69) is 22.6 Å². The van der Waals surface area contributed by atoms with Gasteiger partial charge in [-0.3, -0.25) is 4.79 Å². The second-order valence-electron chi connectivity index (χ2n) is 4.35. The molecule has 0 aliphatic heterocycles. The van der Waals surface area contributed by atoms with Crippen LogP contribution in [0.15, 0.2) is 0 Å². The van der Waals surface area contributed by atoms with Crippen molar-refractivity contribution in [1.29, 1.82) is 0 Å². The summed E-state index contributed by atoms with van der Waals surface area (Å²) < 4.78 is 6.41. The van der Waals surface area contributed by atoms with Crippen molar-refractivity contribution < 1.29 is 9.53 Å². The summed E-state index contributed by atoms with van der Waals surface area (Å²) in [5.41, 5.74) is -0.109. The molecule has 0 unspecified atom stereocenters.